The Bertz CT molecular complexity index is 241. The molecular formula is C9H13NO2. The van der Waals surface area contributed by atoms with Crippen LogP contribution in [0.3, 0.4) is 0 Å². The molecule has 1 aromatic heterocycles. The third-order valence-corrected chi connectivity index (χ3v) is 1.81. The van der Waals surface area contributed by atoms with Crippen molar-refractivity contribution in [3.05, 3.63) is 24.2 Å². The zero-order valence-corrected chi connectivity index (χ0v) is 7.12. The smallest absolute Gasteiger partial charge is 0.153 e. The van der Waals surface area contributed by atoms with Gasteiger partial charge in [-0.05, 0) is 18.1 Å². The van der Waals surface area contributed by atoms with Gasteiger partial charge >= 0.3 is 0 Å². The summed E-state index contributed by atoms with van der Waals surface area (Å²) in [5.74, 6) is 0.0684. The summed E-state index contributed by atoms with van der Waals surface area (Å²) in [4.78, 5) is 11.3. The second-order valence-electron chi connectivity index (χ2n) is 2.79. The number of carbonyl (C=O) groups excluding carboxylic acids is 1. The van der Waals surface area contributed by atoms with E-state index in [4.69, 9.17) is 10.2 Å². The van der Waals surface area contributed by atoms with Gasteiger partial charge in [0.15, 0.2) is 5.78 Å². The van der Waals surface area contributed by atoms with Crippen LogP contribution in [0.5, 0.6) is 0 Å². The van der Waals surface area contributed by atoms with Crippen molar-refractivity contribution < 1.29 is 9.21 Å². The van der Waals surface area contributed by atoms with Gasteiger partial charge in [-0.25, -0.2) is 0 Å². The molecule has 0 saturated carbocycles. The minimum Gasteiger partial charge on any atom is -0.472 e. The molecule has 1 heterocycles. The van der Waals surface area contributed by atoms with Crippen molar-refractivity contribution in [2.24, 2.45) is 5.73 Å². The van der Waals surface area contributed by atoms with E-state index in [-0.39, 0.29) is 11.8 Å². The number of ketones is 1. The van der Waals surface area contributed by atoms with Crippen LogP contribution >= 0.6 is 0 Å². The van der Waals surface area contributed by atoms with Crippen molar-refractivity contribution >= 4 is 5.78 Å². The van der Waals surface area contributed by atoms with Crippen molar-refractivity contribution in [1.29, 1.82) is 0 Å². The molecule has 66 valence electrons. The van der Waals surface area contributed by atoms with Crippen molar-refractivity contribution in [3.8, 4) is 0 Å². The van der Waals surface area contributed by atoms with Gasteiger partial charge in [0.2, 0.25) is 0 Å². The van der Waals surface area contributed by atoms with Gasteiger partial charge in [-0.3, -0.25) is 4.79 Å². The van der Waals surface area contributed by atoms with Crippen molar-refractivity contribution in [3.63, 3.8) is 0 Å². The Hall–Kier alpha value is -1.09. The fourth-order valence-electron chi connectivity index (χ4n) is 0.953. The molecule has 0 saturated heterocycles. The maximum absolute atomic E-state index is 11.3. The summed E-state index contributed by atoms with van der Waals surface area (Å²) in [6.45, 7) is 1.90. The van der Waals surface area contributed by atoms with E-state index < -0.39 is 0 Å². The van der Waals surface area contributed by atoms with E-state index in [1.54, 1.807) is 18.6 Å². The number of carbonyl (C=O) groups is 1. The van der Waals surface area contributed by atoms with Crippen LogP contribution in [0.15, 0.2) is 23.0 Å². The van der Waals surface area contributed by atoms with E-state index in [1.807, 2.05) is 6.92 Å². The highest BCUT2D eigenvalue weighted by atomic mass is 16.3. The predicted octanol–water partition coefficient (Wildman–Crippen LogP) is 1.13. The molecule has 2 N–H and O–H groups in total. The second kappa shape index (κ2) is 4.07. The lowest BCUT2D eigenvalue weighted by atomic mass is 10.1. The molecule has 0 radical (unpaired) electrons. The topological polar surface area (TPSA) is 56.2 Å². The first-order valence-electron chi connectivity index (χ1n) is 4.03. The molecule has 0 aliphatic carbocycles. The Balaban J connectivity index is 2.47. The van der Waals surface area contributed by atoms with Gasteiger partial charge in [0.05, 0.1) is 18.6 Å². The van der Waals surface area contributed by atoms with Crippen LogP contribution in [0.1, 0.15) is 18.9 Å². The van der Waals surface area contributed by atoms with Gasteiger partial charge in [-0.2, -0.15) is 0 Å². The monoisotopic (exact) mass is 167 g/mol. The summed E-state index contributed by atoms with van der Waals surface area (Å²) in [5, 5.41) is 0. The molecule has 1 atom stereocenters. The van der Waals surface area contributed by atoms with E-state index in [9.17, 15) is 4.79 Å². The predicted molar refractivity (Wildman–Crippen MR) is 45.7 cm³/mol. The summed E-state index contributed by atoms with van der Waals surface area (Å²) in [6.07, 6.45) is 4.20. The van der Waals surface area contributed by atoms with Gasteiger partial charge < -0.3 is 10.2 Å². The first kappa shape index (κ1) is 9.00. The Morgan fingerprint density at radius 2 is 2.50 bits per heavy atom. The standard InChI is InChI=1S/C9H13NO2/c1-2-8(10)9(11)5-7-3-4-12-6-7/h3-4,6,8H,2,5,10H2,1H3. The number of furan rings is 1. The number of rotatable bonds is 4. The number of hydrogen-bond donors (Lipinski definition) is 1. The summed E-state index contributed by atoms with van der Waals surface area (Å²) in [5.41, 5.74) is 6.45. The molecule has 3 heteroatoms. The van der Waals surface area contributed by atoms with Crippen LogP contribution < -0.4 is 5.73 Å². The Morgan fingerprint density at radius 1 is 1.75 bits per heavy atom. The summed E-state index contributed by atoms with van der Waals surface area (Å²) in [6, 6.07) is 1.44. The summed E-state index contributed by atoms with van der Waals surface area (Å²) < 4.78 is 4.84. The molecule has 0 aliphatic rings. The minimum absolute atomic E-state index is 0.0684. The van der Waals surface area contributed by atoms with E-state index in [0.717, 1.165) is 5.56 Å². The van der Waals surface area contributed by atoms with E-state index in [1.165, 1.54) is 0 Å². The van der Waals surface area contributed by atoms with Gasteiger partial charge in [-0.15, -0.1) is 0 Å². The Labute approximate surface area is 71.6 Å². The average molecular weight is 167 g/mol. The molecule has 0 bridgehead atoms. The summed E-state index contributed by atoms with van der Waals surface area (Å²) in [7, 11) is 0. The lowest BCUT2D eigenvalue weighted by Gasteiger charge is -2.04. The minimum atomic E-state index is -0.333. The van der Waals surface area contributed by atoms with Gasteiger partial charge in [0.1, 0.15) is 0 Å². The fraction of sp³-hybridized carbons (Fsp3) is 0.444. The SMILES string of the molecule is CCC(N)C(=O)Cc1ccoc1. The Morgan fingerprint density at radius 3 is 3.00 bits per heavy atom. The quantitative estimate of drug-likeness (QED) is 0.731. The molecule has 0 aromatic carbocycles. The Kier molecular flexibility index (Phi) is 3.05. The van der Waals surface area contributed by atoms with Gasteiger partial charge in [-0.1, -0.05) is 6.92 Å². The van der Waals surface area contributed by atoms with Crippen LogP contribution in [0, 0.1) is 0 Å². The molecular weight excluding hydrogens is 154 g/mol. The van der Waals surface area contributed by atoms with Crippen LogP contribution in [0.25, 0.3) is 0 Å². The molecule has 1 aromatic rings. The van der Waals surface area contributed by atoms with E-state index in [2.05, 4.69) is 0 Å². The highest BCUT2D eigenvalue weighted by molar-refractivity contribution is 5.85. The third kappa shape index (κ3) is 2.20. The lowest BCUT2D eigenvalue weighted by molar-refractivity contribution is -0.119. The first-order valence-corrected chi connectivity index (χ1v) is 4.03. The normalized spacial score (nSPS) is 12.8. The largest absolute Gasteiger partial charge is 0.472 e. The van der Waals surface area contributed by atoms with Crippen LogP contribution in [0.2, 0.25) is 0 Å². The van der Waals surface area contributed by atoms with Crippen LogP contribution in [-0.2, 0) is 11.2 Å². The van der Waals surface area contributed by atoms with E-state index >= 15 is 0 Å². The highest BCUT2D eigenvalue weighted by Crippen LogP contribution is 2.03. The summed E-state index contributed by atoms with van der Waals surface area (Å²) >= 11 is 0. The number of nitrogens with two attached hydrogens (primary N) is 1. The van der Waals surface area contributed by atoms with Crippen LogP contribution in [0.4, 0.5) is 0 Å². The second-order valence-corrected chi connectivity index (χ2v) is 2.79. The highest BCUT2D eigenvalue weighted by Gasteiger charge is 2.11. The molecule has 12 heavy (non-hydrogen) atoms. The van der Waals surface area contributed by atoms with Gasteiger partial charge in [0.25, 0.3) is 0 Å². The number of hydrogen-bond acceptors (Lipinski definition) is 3. The lowest BCUT2D eigenvalue weighted by Crippen LogP contribution is -2.30. The van der Waals surface area contributed by atoms with Crippen molar-refractivity contribution in [1.82, 2.24) is 0 Å². The molecule has 0 aliphatic heterocycles. The first-order chi connectivity index (χ1) is 5.74. The number of Topliss-reactive ketones (excluding diaryl/α,β-unsaturated/α-hetero) is 1. The van der Waals surface area contributed by atoms with Crippen LogP contribution in [-0.4, -0.2) is 11.8 Å². The van der Waals surface area contributed by atoms with Gasteiger partial charge in [0, 0.05) is 6.42 Å². The molecule has 0 amide bonds. The molecule has 3 nitrogen and oxygen atoms in total. The molecule has 1 unspecified atom stereocenters. The van der Waals surface area contributed by atoms with Crippen molar-refractivity contribution in [2.75, 3.05) is 0 Å². The zero-order valence-electron chi connectivity index (χ0n) is 7.12. The van der Waals surface area contributed by atoms with E-state index in [0.29, 0.717) is 12.8 Å². The fourth-order valence-corrected chi connectivity index (χ4v) is 0.953. The average Bonchev–Trinajstić information content (AvgIpc) is 2.55. The molecule has 0 spiro atoms. The maximum Gasteiger partial charge on any atom is 0.153 e. The molecule has 0 fully saturated rings. The molecule has 1 rings (SSSR count). The maximum atomic E-state index is 11.3. The van der Waals surface area contributed by atoms with Crippen molar-refractivity contribution in [2.45, 2.75) is 25.8 Å². The third-order valence-electron chi connectivity index (χ3n) is 1.81. The zero-order chi connectivity index (χ0) is 8.97.